The summed E-state index contributed by atoms with van der Waals surface area (Å²) in [5, 5.41) is 0.170. The topological polar surface area (TPSA) is 27.7 Å². The number of rotatable bonds is 4. The molecule has 0 fully saturated rings. The average molecular weight is 385 g/mol. The van der Waals surface area contributed by atoms with E-state index in [-0.39, 0.29) is 16.7 Å². The smallest absolute Gasteiger partial charge is 0.250 e. The summed E-state index contributed by atoms with van der Waals surface area (Å²) < 4.78 is 18.2. The first kappa shape index (κ1) is 20.0. The molecule has 3 nitrogen and oxygen atoms in total. The highest BCUT2D eigenvalue weighted by Crippen LogP contribution is 2.48. The van der Waals surface area contributed by atoms with Crippen LogP contribution in [-0.4, -0.2) is 15.4 Å². The van der Waals surface area contributed by atoms with Crippen molar-refractivity contribution >= 4 is 8.32 Å². The molecule has 2 aromatic carbocycles. The standard InChI is InChI=1S/C23H32O3Si/c1-22(2,3)27(7,8)26-18-13-14-19-20(15-18)23(4,5)25-21(19)16-9-11-17(24-6)12-10-16/h9-15,21H,1-8H3/t21-/m1/s1. The first-order chi connectivity index (χ1) is 12.4. The third kappa shape index (κ3) is 3.78. The minimum absolute atomic E-state index is 0.0668. The normalized spacial score (nSPS) is 18.9. The summed E-state index contributed by atoms with van der Waals surface area (Å²) in [5.41, 5.74) is 3.21. The van der Waals surface area contributed by atoms with Crippen molar-refractivity contribution in [1.29, 1.82) is 0 Å². The van der Waals surface area contributed by atoms with Crippen molar-refractivity contribution in [2.24, 2.45) is 0 Å². The third-order valence-corrected chi connectivity index (χ3v) is 10.3. The zero-order valence-electron chi connectivity index (χ0n) is 17.8. The molecule has 1 heterocycles. The monoisotopic (exact) mass is 384 g/mol. The molecule has 27 heavy (non-hydrogen) atoms. The Morgan fingerprint density at radius 3 is 2.11 bits per heavy atom. The molecule has 1 aliphatic rings. The molecule has 0 saturated heterocycles. The maximum Gasteiger partial charge on any atom is 0.250 e. The molecule has 0 radical (unpaired) electrons. The van der Waals surface area contributed by atoms with Crippen LogP contribution in [-0.2, 0) is 10.3 Å². The molecule has 0 saturated carbocycles. The first-order valence-electron chi connectivity index (χ1n) is 9.60. The maximum atomic E-state index is 6.52. The van der Waals surface area contributed by atoms with Crippen molar-refractivity contribution in [3.05, 3.63) is 59.2 Å². The van der Waals surface area contributed by atoms with Crippen LogP contribution in [0.2, 0.25) is 18.1 Å². The zero-order chi connectivity index (χ0) is 20.0. The molecule has 2 aromatic rings. The Hall–Kier alpha value is -1.78. The van der Waals surface area contributed by atoms with E-state index in [0.717, 1.165) is 17.1 Å². The molecule has 0 amide bonds. The zero-order valence-corrected chi connectivity index (χ0v) is 18.8. The second kappa shape index (κ2) is 6.68. The Balaban J connectivity index is 1.95. The summed E-state index contributed by atoms with van der Waals surface area (Å²) in [6.45, 7) is 15.6. The van der Waals surface area contributed by atoms with Crippen molar-refractivity contribution < 1.29 is 13.9 Å². The van der Waals surface area contributed by atoms with E-state index in [1.54, 1.807) is 7.11 Å². The van der Waals surface area contributed by atoms with E-state index in [4.69, 9.17) is 13.9 Å². The molecule has 1 aliphatic heterocycles. The fourth-order valence-corrected chi connectivity index (χ4v) is 4.27. The summed E-state index contributed by atoms with van der Waals surface area (Å²) in [6.07, 6.45) is -0.0668. The summed E-state index contributed by atoms with van der Waals surface area (Å²) >= 11 is 0. The van der Waals surface area contributed by atoms with Crippen LogP contribution in [0.5, 0.6) is 11.5 Å². The molecule has 0 bridgehead atoms. The van der Waals surface area contributed by atoms with Gasteiger partial charge in [0, 0.05) is 0 Å². The van der Waals surface area contributed by atoms with E-state index in [1.165, 1.54) is 11.1 Å². The van der Waals surface area contributed by atoms with E-state index in [0.29, 0.717) is 0 Å². The SMILES string of the molecule is COc1ccc([C@H]2OC(C)(C)c3cc(O[Si](C)(C)C(C)(C)C)ccc32)cc1. The molecule has 0 N–H and O–H groups in total. The van der Waals surface area contributed by atoms with Gasteiger partial charge in [0.15, 0.2) is 0 Å². The highest BCUT2D eigenvalue weighted by Gasteiger charge is 2.41. The Morgan fingerprint density at radius 2 is 1.56 bits per heavy atom. The van der Waals surface area contributed by atoms with Gasteiger partial charge in [-0.05, 0) is 72.9 Å². The van der Waals surface area contributed by atoms with Crippen molar-refractivity contribution in [3.63, 3.8) is 0 Å². The second-order valence-corrected chi connectivity index (χ2v) is 14.1. The van der Waals surface area contributed by atoms with E-state index < -0.39 is 8.32 Å². The summed E-state index contributed by atoms with van der Waals surface area (Å²) in [5.74, 6) is 1.81. The van der Waals surface area contributed by atoms with Gasteiger partial charge in [-0.3, -0.25) is 0 Å². The molecule has 1 atom stereocenters. The minimum Gasteiger partial charge on any atom is -0.543 e. The van der Waals surface area contributed by atoms with Gasteiger partial charge in [0.1, 0.15) is 17.6 Å². The maximum absolute atomic E-state index is 6.52. The average Bonchev–Trinajstić information content (AvgIpc) is 2.85. The minimum atomic E-state index is -1.87. The first-order valence-corrected chi connectivity index (χ1v) is 12.5. The highest BCUT2D eigenvalue weighted by molar-refractivity contribution is 6.74. The number of fused-ring (bicyclic) bond motifs is 1. The van der Waals surface area contributed by atoms with E-state index >= 15 is 0 Å². The van der Waals surface area contributed by atoms with Crippen LogP contribution in [0.15, 0.2) is 42.5 Å². The van der Waals surface area contributed by atoms with Gasteiger partial charge in [-0.1, -0.05) is 39.0 Å². The Bertz CT molecular complexity index is 817. The fraction of sp³-hybridized carbons (Fsp3) is 0.478. The lowest BCUT2D eigenvalue weighted by Gasteiger charge is -2.36. The fourth-order valence-electron chi connectivity index (χ4n) is 3.24. The number of ether oxygens (including phenoxy) is 2. The van der Waals surface area contributed by atoms with Crippen LogP contribution < -0.4 is 9.16 Å². The van der Waals surface area contributed by atoms with Gasteiger partial charge in [-0.2, -0.15) is 0 Å². The number of hydrogen-bond donors (Lipinski definition) is 0. The van der Waals surface area contributed by atoms with Gasteiger partial charge in [0.05, 0.1) is 12.7 Å². The summed E-state index contributed by atoms with van der Waals surface area (Å²) in [4.78, 5) is 0. The summed E-state index contributed by atoms with van der Waals surface area (Å²) in [7, 11) is -0.187. The van der Waals surface area contributed by atoms with Gasteiger partial charge in [-0.15, -0.1) is 0 Å². The number of hydrogen-bond acceptors (Lipinski definition) is 3. The Labute approximate surface area is 164 Å². The molecule has 4 heteroatoms. The van der Waals surface area contributed by atoms with E-state index in [2.05, 4.69) is 78.0 Å². The van der Waals surface area contributed by atoms with Crippen LogP contribution in [0.1, 0.15) is 57.4 Å². The van der Waals surface area contributed by atoms with Gasteiger partial charge in [0.2, 0.25) is 8.32 Å². The number of methoxy groups -OCH3 is 1. The van der Waals surface area contributed by atoms with Crippen LogP contribution in [0.25, 0.3) is 0 Å². The Kier molecular flexibility index (Phi) is 4.94. The molecule has 0 unspecified atom stereocenters. The third-order valence-electron chi connectivity index (χ3n) is 5.97. The molecule has 0 aliphatic carbocycles. The molecular formula is C23H32O3Si. The van der Waals surface area contributed by atoms with Crippen LogP contribution >= 0.6 is 0 Å². The predicted octanol–water partition coefficient (Wildman–Crippen LogP) is 6.43. The largest absolute Gasteiger partial charge is 0.543 e. The highest BCUT2D eigenvalue weighted by atomic mass is 28.4. The lowest BCUT2D eigenvalue weighted by molar-refractivity contribution is -0.0341. The van der Waals surface area contributed by atoms with Crippen LogP contribution in [0, 0.1) is 0 Å². The molecule has 146 valence electrons. The lowest BCUT2D eigenvalue weighted by atomic mass is 9.92. The quantitative estimate of drug-likeness (QED) is 0.568. The Morgan fingerprint density at radius 1 is 0.963 bits per heavy atom. The molecular weight excluding hydrogens is 352 g/mol. The van der Waals surface area contributed by atoms with E-state index in [1.807, 2.05) is 12.1 Å². The lowest BCUT2D eigenvalue weighted by Crippen LogP contribution is -2.43. The van der Waals surface area contributed by atoms with E-state index in [9.17, 15) is 0 Å². The molecule has 3 rings (SSSR count). The predicted molar refractivity (Wildman–Crippen MR) is 113 cm³/mol. The second-order valence-electron chi connectivity index (χ2n) is 9.39. The van der Waals surface area contributed by atoms with Crippen molar-refractivity contribution in [1.82, 2.24) is 0 Å². The van der Waals surface area contributed by atoms with Gasteiger partial charge in [-0.25, -0.2) is 0 Å². The number of benzene rings is 2. The van der Waals surface area contributed by atoms with Gasteiger partial charge < -0.3 is 13.9 Å². The molecule has 0 aromatic heterocycles. The van der Waals surface area contributed by atoms with Crippen molar-refractivity contribution in [2.45, 2.75) is 64.5 Å². The van der Waals surface area contributed by atoms with Crippen LogP contribution in [0.3, 0.4) is 0 Å². The van der Waals surface area contributed by atoms with Gasteiger partial charge in [0.25, 0.3) is 0 Å². The van der Waals surface area contributed by atoms with Crippen LogP contribution in [0.4, 0.5) is 0 Å². The van der Waals surface area contributed by atoms with Crippen molar-refractivity contribution in [3.8, 4) is 11.5 Å². The van der Waals surface area contributed by atoms with Gasteiger partial charge >= 0.3 is 0 Å². The van der Waals surface area contributed by atoms with Crippen molar-refractivity contribution in [2.75, 3.05) is 7.11 Å². The molecule has 0 spiro atoms. The summed E-state index contributed by atoms with van der Waals surface area (Å²) in [6, 6.07) is 14.6.